The predicted molar refractivity (Wildman–Crippen MR) is 50.2 cm³/mol. The van der Waals surface area contributed by atoms with E-state index in [1.54, 1.807) is 0 Å². The van der Waals surface area contributed by atoms with E-state index in [2.05, 4.69) is 25.8 Å². The van der Waals surface area contributed by atoms with E-state index < -0.39 is 0 Å². The number of nitrogens with zero attached hydrogens (tertiary/aromatic N) is 1. The van der Waals surface area contributed by atoms with E-state index in [1.165, 1.54) is 31.4 Å². The molecule has 1 heterocycles. The fourth-order valence-corrected chi connectivity index (χ4v) is 1.63. The summed E-state index contributed by atoms with van der Waals surface area (Å²) in [6.07, 6.45) is 5.31. The summed E-state index contributed by atoms with van der Waals surface area (Å²) in [7, 11) is 0. The highest BCUT2D eigenvalue weighted by Crippen LogP contribution is 2.19. The van der Waals surface area contributed by atoms with Crippen molar-refractivity contribution in [2.24, 2.45) is 10.9 Å². The normalized spacial score (nSPS) is 38.6. The number of hydrogen-bond donors (Lipinski definition) is 0. The minimum Gasteiger partial charge on any atom is -0.291 e. The van der Waals surface area contributed by atoms with Gasteiger partial charge in [-0.2, -0.15) is 0 Å². The Kier molecular flexibility index (Phi) is 3.10. The third kappa shape index (κ3) is 2.64. The van der Waals surface area contributed by atoms with Crippen molar-refractivity contribution >= 4 is 5.71 Å². The third-order valence-corrected chi connectivity index (χ3v) is 2.70. The summed E-state index contributed by atoms with van der Waals surface area (Å²) in [5.74, 6) is 0.783. The lowest BCUT2D eigenvalue weighted by molar-refractivity contribution is 0.425. The van der Waals surface area contributed by atoms with Crippen molar-refractivity contribution in [2.75, 3.05) is 0 Å². The van der Waals surface area contributed by atoms with Crippen LogP contribution in [0.5, 0.6) is 0 Å². The second-order valence-corrected chi connectivity index (χ2v) is 3.83. The molecule has 1 nitrogen and oxygen atoms in total. The zero-order chi connectivity index (χ0) is 8.27. The highest BCUT2D eigenvalue weighted by Gasteiger charge is 2.12. The zero-order valence-corrected chi connectivity index (χ0v) is 7.93. The first-order chi connectivity index (χ1) is 5.20. The van der Waals surface area contributed by atoms with Crippen LogP contribution in [0.3, 0.4) is 0 Å². The third-order valence-electron chi connectivity index (χ3n) is 2.70. The predicted octanol–water partition coefficient (Wildman–Crippen LogP) is 3.05. The molecule has 64 valence electrons. The molecular formula is C10H19N. The molecule has 2 atom stereocenters. The van der Waals surface area contributed by atoms with Gasteiger partial charge >= 0.3 is 0 Å². The van der Waals surface area contributed by atoms with Gasteiger partial charge in [0, 0.05) is 11.8 Å². The van der Waals surface area contributed by atoms with Crippen LogP contribution in [0.1, 0.15) is 46.5 Å². The molecule has 0 amide bonds. The maximum atomic E-state index is 4.63. The summed E-state index contributed by atoms with van der Waals surface area (Å²) in [6.45, 7) is 6.71. The van der Waals surface area contributed by atoms with Crippen LogP contribution in [-0.2, 0) is 0 Å². The topological polar surface area (TPSA) is 12.4 Å². The van der Waals surface area contributed by atoms with Gasteiger partial charge in [0.1, 0.15) is 0 Å². The second-order valence-electron chi connectivity index (χ2n) is 3.83. The second kappa shape index (κ2) is 3.89. The molecule has 1 aliphatic heterocycles. The van der Waals surface area contributed by atoms with E-state index in [0.717, 1.165) is 5.92 Å². The monoisotopic (exact) mass is 153 g/mol. The molecule has 0 aromatic heterocycles. The van der Waals surface area contributed by atoms with Gasteiger partial charge in [-0.3, -0.25) is 4.99 Å². The van der Waals surface area contributed by atoms with Crippen LogP contribution in [0, 0.1) is 5.92 Å². The maximum Gasteiger partial charge on any atom is 0.0496 e. The van der Waals surface area contributed by atoms with Gasteiger partial charge in [0.25, 0.3) is 0 Å². The van der Waals surface area contributed by atoms with Crippen molar-refractivity contribution in [3.05, 3.63) is 0 Å². The van der Waals surface area contributed by atoms with Gasteiger partial charge in [-0.1, -0.05) is 13.3 Å². The molecule has 1 heteroatoms. The SMILES string of the molecule is C/C1=N/C(C)C(C)CCCC1. The van der Waals surface area contributed by atoms with Crippen LogP contribution in [-0.4, -0.2) is 11.8 Å². The Morgan fingerprint density at radius 1 is 1.27 bits per heavy atom. The molecule has 0 fully saturated rings. The van der Waals surface area contributed by atoms with Crippen LogP contribution in [0.4, 0.5) is 0 Å². The van der Waals surface area contributed by atoms with Crippen LogP contribution < -0.4 is 0 Å². The largest absolute Gasteiger partial charge is 0.291 e. The first kappa shape index (κ1) is 8.76. The van der Waals surface area contributed by atoms with Crippen molar-refractivity contribution in [1.82, 2.24) is 0 Å². The Bertz CT molecular complexity index is 149. The highest BCUT2D eigenvalue weighted by atomic mass is 14.8. The summed E-state index contributed by atoms with van der Waals surface area (Å²) in [5.41, 5.74) is 1.35. The summed E-state index contributed by atoms with van der Waals surface area (Å²) in [4.78, 5) is 4.63. The van der Waals surface area contributed by atoms with E-state index in [-0.39, 0.29) is 0 Å². The van der Waals surface area contributed by atoms with Gasteiger partial charge in [0.2, 0.25) is 0 Å². The summed E-state index contributed by atoms with van der Waals surface area (Å²) >= 11 is 0. The minimum atomic E-state index is 0.551. The van der Waals surface area contributed by atoms with E-state index in [0.29, 0.717) is 6.04 Å². The van der Waals surface area contributed by atoms with E-state index >= 15 is 0 Å². The van der Waals surface area contributed by atoms with Crippen molar-refractivity contribution in [3.63, 3.8) is 0 Å². The Labute approximate surface area is 69.9 Å². The van der Waals surface area contributed by atoms with Gasteiger partial charge in [0.15, 0.2) is 0 Å². The molecular weight excluding hydrogens is 134 g/mol. The molecule has 0 spiro atoms. The minimum absolute atomic E-state index is 0.551. The van der Waals surface area contributed by atoms with Gasteiger partial charge in [-0.05, 0) is 39.0 Å². The molecule has 0 radical (unpaired) electrons. The molecule has 0 aromatic carbocycles. The molecule has 0 saturated carbocycles. The van der Waals surface area contributed by atoms with E-state index in [4.69, 9.17) is 0 Å². The van der Waals surface area contributed by atoms with E-state index in [9.17, 15) is 0 Å². The lowest BCUT2D eigenvalue weighted by Crippen LogP contribution is -2.15. The fraction of sp³-hybridized carbons (Fsp3) is 0.900. The van der Waals surface area contributed by atoms with Crippen molar-refractivity contribution in [3.8, 4) is 0 Å². The van der Waals surface area contributed by atoms with Crippen LogP contribution in [0.2, 0.25) is 0 Å². The summed E-state index contributed by atoms with van der Waals surface area (Å²) in [5, 5.41) is 0. The standard InChI is InChI=1S/C10H19N/c1-8-6-4-5-7-9(2)11-10(8)3/h8,10H,4-7H2,1-3H3/b11-9-. The molecule has 11 heavy (non-hydrogen) atoms. The molecule has 1 rings (SSSR count). The molecule has 0 N–H and O–H groups in total. The van der Waals surface area contributed by atoms with Crippen molar-refractivity contribution in [2.45, 2.75) is 52.5 Å². The fourth-order valence-electron chi connectivity index (χ4n) is 1.63. The number of aliphatic imine (C=N–C) groups is 1. The highest BCUT2D eigenvalue weighted by molar-refractivity contribution is 5.82. The van der Waals surface area contributed by atoms with Gasteiger partial charge < -0.3 is 0 Å². The van der Waals surface area contributed by atoms with Crippen LogP contribution in [0.15, 0.2) is 4.99 Å². The van der Waals surface area contributed by atoms with E-state index in [1.807, 2.05) is 0 Å². The zero-order valence-electron chi connectivity index (χ0n) is 7.93. The van der Waals surface area contributed by atoms with Crippen LogP contribution in [0.25, 0.3) is 0 Å². The van der Waals surface area contributed by atoms with Gasteiger partial charge in [0.05, 0.1) is 0 Å². The average Bonchev–Trinajstić information content (AvgIpc) is 1.95. The average molecular weight is 153 g/mol. The van der Waals surface area contributed by atoms with Gasteiger partial charge in [-0.15, -0.1) is 0 Å². The lowest BCUT2D eigenvalue weighted by atomic mass is 9.94. The molecule has 2 unspecified atom stereocenters. The maximum absolute atomic E-state index is 4.63. The molecule has 0 bridgehead atoms. The Hall–Kier alpha value is -0.330. The number of hydrogen-bond acceptors (Lipinski definition) is 1. The quantitative estimate of drug-likeness (QED) is 0.507. The van der Waals surface area contributed by atoms with Crippen molar-refractivity contribution in [1.29, 1.82) is 0 Å². The molecule has 0 saturated heterocycles. The number of rotatable bonds is 0. The lowest BCUT2D eigenvalue weighted by Gasteiger charge is -2.19. The Morgan fingerprint density at radius 3 is 2.73 bits per heavy atom. The van der Waals surface area contributed by atoms with Crippen LogP contribution >= 0.6 is 0 Å². The molecule has 0 aromatic rings. The molecule has 1 aliphatic rings. The van der Waals surface area contributed by atoms with Gasteiger partial charge in [-0.25, -0.2) is 0 Å². The Morgan fingerprint density at radius 2 is 2.00 bits per heavy atom. The Balaban J connectivity index is 2.58. The summed E-state index contributed by atoms with van der Waals surface area (Å²) in [6, 6.07) is 0.551. The molecule has 0 aliphatic carbocycles. The first-order valence-electron chi connectivity index (χ1n) is 4.73. The first-order valence-corrected chi connectivity index (χ1v) is 4.73. The summed E-state index contributed by atoms with van der Waals surface area (Å²) < 4.78 is 0. The smallest absolute Gasteiger partial charge is 0.0496 e. The van der Waals surface area contributed by atoms with Crippen molar-refractivity contribution < 1.29 is 0 Å².